The summed E-state index contributed by atoms with van der Waals surface area (Å²) in [6.07, 6.45) is 1.62. The minimum absolute atomic E-state index is 0.0538. The highest BCUT2D eigenvalue weighted by atomic mass is 32.2. The number of sulfonamides is 1. The van der Waals surface area contributed by atoms with E-state index in [4.69, 9.17) is 0 Å². The van der Waals surface area contributed by atoms with Crippen LogP contribution in [0, 0.1) is 5.82 Å². The Morgan fingerprint density at radius 2 is 1.85 bits per heavy atom. The molecule has 1 fully saturated rings. The third kappa shape index (κ3) is 4.47. The van der Waals surface area contributed by atoms with Gasteiger partial charge in [0.25, 0.3) is 0 Å². The van der Waals surface area contributed by atoms with Gasteiger partial charge in [-0.2, -0.15) is 4.31 Å². The molecule has 0 unspecified atom stereocenters. The predicted molar refractivity (Wildman–Crippen MR) is 98.2 cm³/mol. The molecule has 0 N–H and O–H groups in total. The minimum Gasteiger partial charge on any atom is -0.339 e. The Hall–Kier alpha value is -1.98. The first-order chi connectivity index (χ1) is 12.9. The molecule has 1 aliphatic rings. The molecule has 1 amide bonds. The number of halogens is 1. The van der Waals surface area contributed by atoms with Crippen molar-refractivity contribution in [2.24, 2.45) is 0 Å². The molecule has 146 valence electrons. The van der Waals surface area contributed by atoms with Gasteiger partial charge in [0.05, 0.1) is 10.6 Å². The summed E-state index contributed by atoms with van der Waals surface area (Å²) in [6, 6.07) is 4.75. The van der Waals surface area contributed by atoms with E-state index in [2.05, 4.69) is 10.2 Å². The normalized spacial score (nSPS) is 15.9. The van der Waals surface area contributed by atoms with Gasteiger partial charge in [0.2, 0.25) is 15.9 Å². The van der Waals surface area contributed by atoms with Crippen LogP contribution < -0.4 is 0 Å². The number of hydrogen-bond acceptors (Lipinski definition) is 6. The lowest BCUT2D eigenvalue weighted by molar-refractivity contribution is -0.129. The lowest BCUT2D eigenvalue weighted by atomic mass is 10.3. The fourth-order valence-electron chi connectivity index (χ4n) is 2.72. The van der Waals surface area contributed by atoms with Crippen molar-refractivity contribution >= 4 is 27.7 Å². The molecule has 1 saturated heterocycles. The van der Waals surface area contributed by atoms with E-state index in [1.54, 1.807) is 11.2 Å². The number of piperazine rings is 1. The average Bonchev–Trinajstić information content (AvgIpc) is 3.14. The third-order valence-electron chi connectivity index (χ3n) is 4.29. The number of benzene rings is 1. The molecule has 2 heterocycles. The Labute approximate surface area is 161 Å². The second kappa shape index (κ2) is 8.36. The number of thioether (sulfide) groups is 1. The van der Waals surface area contributed by atoms with E-state index in [0.29, 0.717) is 18.2 Å². The van der Waals surface area contributed by atoms with Gasteiger partial charge in [0.1, 0.15) is 12.1 Å². The fraction of sp³-hybridized carbons (Fsp3) is 0.438. The van der Waals surface area contributed by atoms with E-state index in [1.807, 2.05) is 11.5 Å². The van der Waals surface area contributed by atoms with Crippen LogP contribution >= 0.6 is 11.8 Å². The number of amides is 1. The van der Waals surface area contributed by atoms with Crippen LogP contribution in [0.4, 0.5) is 4.39 Å². The molecule has 0 atom stereocenters. The molecule has 8 nitrogen and oxygen atoms in total. The summed E-state index contributed by atoms with van der Waals surface area (Å²) >= 11 is 1.32. The fourth-order valence-corrected chi connectivity index (χ4v) is 5.03. The zero-order chi connectivity index (χ0) is 19.4. The van der Waals surface area contributed by atoms with Crippen molar-refractivity contribution in [3.8, 4) is 0 Å². The summed E-state index contributed by atoms with van der Waals surface area (Å²) in [6.45, 7) is 3.75. The van der Waals surface area contributed by atoms with E-state index in [-0.39, 0.29) is 29.6 Å². The van der Waals surface area contributed by atoms with Crippen molar-refractivity contribution in [2.75, 3.05) is 31.9 Å². The number of carbonyl (C=O) groups excluding carboxylic acids is 1. The maximum absolute atomic E-state index is 13.0. The second-order valence-electron chi connectivity index (χ2n) is 5.93. The highest BCUT2D eigenvalue weighted by molar-refractivity contribution is 7.99. The highest BCUT2D eigenvalue weighted by Gasteiger charge is 2.30. The monoisotopic (exact) mass is 413 g/mol. The SMILES string of the molecule is CCn1cnnc1SCC(=O)N1CCN(S(=O)(=O)c2ccc(F)cc2)CC1. The predicted octanol–water partition coefficient (Wildman–Crippen LogP) is 1.06. The molecule has 0 radical (unpaired) electrons. The van der Waals surface area contributed by atoms with Gasteiger partial charge < -0.3 is 9.47 Å². The number of aryl methyl sites for hydroxylation is 1. The molecule has 1 aromatic carbocycles. The van der Waals surface area contributed by atoms with Crippen LogP contribution in [0.5, 0.6) is 0 Å². The molecule has 27 heavy (non-hydrogen) atoms. The maximum atomic E-state index is 13.0. The molecule has 0 bridgehead atoms. The van der Waals surface area contributed by atoms with E-state index in [0.717, 1.165) is 18.7 Å². The van der Waals surface area contributed by atoms with Crippen molar-refractivity contribution in [3.05, 3.63) is 36.4 Å². The molecule has 11 heteroatoms. The number of aromatic nitrogens is 3. The van der Waals surface area contributed by atoms with Gasteiger partial charge in [0, 0.05) is 32.7 Å². The van der Waals surface area contributed by atoms with Crippen molar-refractivity contribution in [1.82, 2.24) is 24.0 Å². The van der Waals surface area contributed by atoms with Crippen LogP contribution in [0.1, 0.15) is 6.92 Å². The number of rotatable bonds is 6. The second-order valence-corrected chi connectivity index (χ2v) is 8.81. The molecular weight excluding hydrogens is 393 g/mol. The minimum atomic E-state index is -3.68. The molecule has 1 aliphatic heterocycles. The summed E-state index contributed by atoms with van der Waals surface area (Å²) in [5, 5.41) is 8.49. The molecule has 2 aromatic rings. The summed E-state index contributed by atoms with van der Waals surface area (Å²) in [7, 11) is -3.68. The summed E-state index contributed by atoms with van der Waals surface area (Å²) in [4.78, 5) is 14.1. The van der Waals surface area contributed by atoms with Crippen LogP contribution in [-0.4, -0.2) is 70.2 Å². The van der Waals surface area contributed by atoms with E-state index in [1.165, 1.54) is 28.2 Å². The summed E-state index contributed by atoms with van der Waals surface area (Å²) in [5.41, 5.74) is 0. The third-order valence-corrected chi connectivity index (χ3v) is 7.17. The zero-order valence-electron chi connectivity index (χ0n) is 14.8. The van der Waals surface area contributed by atoms with Gasteiger partial charge in [-0.25, -0.2) is 12.8 Å². The first kappa shape index (κ1) is 19.8. The van der Waals surface area contributed by atoms with Gasteiger partial charge in [-0.15, -0.1) is 10.2 Å². The Bertz CT molecular complexity index is 893. The van der Waals surface area contributed by atoms with Crippen molar-refractivity contribution in [2.45, 2.75) is 23.5 Å². The van der Waals surface area contributed by atoms with Gasteiger partial charge in [-0.3, -0.25) is 4.79 Å². The van der Waals surface area contributed by atoms with Crippen LogP contribution in [0.25, 0.3) is 0 Å². The smallest absolute Gasteiger partial charge is 0.243 e. The van der Waals surface area contributed by atoms with Crippen LogP contribution in [-0.2, 0) is 21.4 Å². The Morgan fingerprint density at radius 3 is 2.48 bits per heavy atom. The van der Waals surface area contributed by atoms with Crippen molar-refractivity contribution < 1.29 is 17.6 Å². The van der Waals surface area contributed by atoms with Crippen LogP contribution in [0.15, 0.2) is 40.6 Å². The molecule has 0 saturated carbocycles. The average molecular weight is 414 g/mol. The lowest BCUT2D eigenvalue weighted by Gasteiger charge is -2.34. The molecule has 3 rings (SSSR count). The number of nitrogens with zero attached hydrogens (tertiary/aromatic N) is 5. The Kier molecular flexibility index (Phi) is 6.12. The van der Waals surface area contributed by atoms with Crippen molar-refractivity contribution in [3.63, 3.8) is 0 Å². The Balaban J connectivity index is 1.55. The van der Waals surface area contributed by atoms with E-state index in [9.17, 15) is 17.6 Å². The standard InChI is InChI=1S/C16H20FN5O3S2/c1-2-20-12-18-19-16(20)26-11-15(23)21-7-9-22(10-8-21)27(24,25)14-5-3-13(17)4-6-14/h3-6,12H,2,7-11H2,1H3. The topological polar surface area (TPSA) is 88.4 Å². The van der Waals surface area contributed by atoms with Gasteiger partial charge in [0.15, 0.2) is 5.16 Å². The van der Waals surface area contributed by atoms with Crippen molar-refractivity contribution in [1.29, 1.82) is 0 Å². The number of carbonyl (C=O) groups is 1. The van der Waals surface area contributed by atoms with E-state index >= 15 is 0 Å². The molecule has 0 spiro atoms. The lowest BCUT2D eigenvalue weighted by Crippen LogP contribution is -2.50. The van der Waals surface area contributed by atoms with Gasteiger partial charge >= 0.3 is 0 Å². The van der Waals surface area contributed by atoms with Crippen LogP contribution in [0.2, 0.25) is 0 Å². The molecular formula is C16H20FN5O3S2. The van der Waals surface area contributed by atoms with Crippen LogP contribution in [0.3, 0.4) is 0 Å². The molecule has 1 aromatic heterocycles. The first-order valence-corrected chi connectivity index (χ1v) is 10.9. The maximum Gasteiger partial charge on any atom is 0.243 e. The summed E-state index contributed by atoms with van der Waals surface area (Å²) in [5.74, 6) is -0.325. The van der Waals surface area contributed by atoms with Gasteiger partial charge in [-0.1, -0.05) is 11.8 Å². The highest BCUT2D eigenvalue weighted by Crippen LogP contribution is 2.19. The first-order valence-electron chi connectivity index (χ1n) is 8.46. The zero-order valence-corrected chi connectivity index (χ0v) is 16.4. The number of hydrogen-bond donors (Lipinski definition) is 0. The quantitative estimate of drug-likeness (QED) is 0.658. The summed E-state index contributed by atoms with van der Waals surface area (Å²) < 4.78 is 41.4. The van der Waals surface area contributed by atoms with Gasteiger partial charge in [-0.05, 0) is 31.2 Å². The Morgan fingerprint density at radius 1 is 1.19 bits per heavy atom. The largest absolute Gasteiger partial charge is 0.339 e. The van der Waals surface area contributed by atoms with E-state index < -0.39 is 15.8 Å². The molecule has 0 aliphatic carbocycles.